The van der Waals surface area contributed by atoms with Gasteiger partial charge in [-0.3, -0.25) is 4.98 Å². The molecule has 1 heterocycles. The molecule has 0 bridgehead atoms. The molecule has 0 aliphatic carbocycles. The van der Waals surface area contributed by atoms with Crippen LogP contribution in [0.2, 0.25) is 0 Å². The Morgan fingerprint density at radius 2 is 2.07 bits per heavy atom. The lowest BCUT2D eigenvalue weighted by molar-refractivity contribution is -0.137. The number of aromatic nitrogens is 1. The Balaban J connectivity index is 3.13. The molecule has 0 aliphatic heterocycles. The minimum absolute atomic E-state index is 0.280. The van der Waals surface area contributed by atoms with Gasteiger partial charge in [0, 0.05) is 16.7 Å². The van der Waals surface area contributed by atoms with Gasteiger partial charge >= 0.3 is 6.18 Å². The number of pyridine rings is 1. The molecule has 0 radical (unpaired) electrons. The standard InChI is InChI=1S/C8H8BrF3N2/c1-4(13)7-6(9)2-5(3-14-7)8(10,11)12/h2-4H,13H2,1H3/t4-/m0/s1. The SMILES string of the molecule is C[C@H](N)c1ncc(C(F)(F)F)cc1Br. The van der Waals surface area contributed by atoms with E-state index in [2.05, 4.69) is 20.9 Å². The van der Waals surface area contributed by atoms with Crippen molar-refractivity contribution in [3.05, 3.63) is 28.0 Å². The molecule has 1 atom stereocenters. The van der Waals surface area contributed by atoms with Gasteiger partial charge in [-0.25, -0.2) is 0 Å². The van der Waals surface area contributed by atoms with Gasteiger partial charge in [0.25, 0.3) is 0 Å². The maximum atomic E-state index is 12.2. The molecule has 0 fully saturated rings. The Hall–Kier alpha value is -0.620. The molecule has 0 saturated heterocycles. The first-order valence-electron chi connectivity index (χ1n) is 3.80. The number of alkyl halides is 3. The highest BCUT2D eigenvalue weighted by molar-refractivity contribution is 9.10. The molecular weight excluding hydrogens is 261 g/mol. The average molecular weight is 269 g/mol. The third-order valence-corrected chi connectivity index (χ3v) is 2.26. The molecule has 14 heavy (non-hydrogen) atoms. The number of hydrogen-bond donors (Lipinski definition) is 1. The van der Waals surface area contributed by atoms with E-state index in [1.807, 2.05) is 0 Å². The fourth-order valence-corrected chi connectivity index (χ4v) is 1.65. The zero-order valence-corrected chi connectivity index (χ0v) is 8.85. The van der Waals surface area contributed by atoms with E-state index in [0.29, 0.717) is 5.69 Å². The van der Waals surface area contributed by atoms with Crippen molar-refractivity contribution in [1.82, 2.24) is 4.98 Å². The van der Waals surface area contributed by atoms with Crippen molar-refractivity contribution in [3.63, 3.8) is 0 Å². The molecular formula is C8H8BrF3N2. The van der Waals surface area contributed by atoms with Crippen LogP contribution in [0.5, 0.6) is 0 Å². The van der Waals surface area contributed by atoms with Crippen LogP contribution < -0.4 is 5.73 Å². The zero-order valence-electron chi connectivity index (χ0n) is 7.27. The van der Waals surface area contributed by atoms with Gasteiger partial charge in [-0.1, -0.05) is 0 Å². The maximum absolute atomic E-state index is 12.2. The van der Waals surface area contributed by atoms with Crippen molar-refractivity contribution in [2.45, 2.75) is 19.1 Å². The van der Waals surface area contributed by atoms with Crippen molar-refractivity contribution in [2.75, 3.05) is 0 Å². The van der Waals surface area contributed by atoms with Crippen LogP contribution in [-0.2, 0) is 6.18 Å². The lowest BCUT2D eigenvalue weighted by Crippen LogP contribution is -2.11. The predicted molar refractivity (Wildman–Crippen MR) is 49.5 cm³/mol. The van der Waals surface area contributed by atoms with Crippen molar-refractivity contribution >= 4 is 15.9 Å². The quantitative estimate of drug-likeness (QED) is 0.851. The van der Waals surface area contributed by atoms with Gasteiger partial charge in [-0.15, -0.1) is 0 Å². The summed E-state index contributed by atoms with van der Waals surface area (Å²) >= 11 is 3.00. The Bertz CT molecular complexity index is 336. The van der Waals surface area contributed by atoms with E-state index in [1.54, 1.807) is 6.92 Å². The number of halogens is 4. The third-order valence-electron chi connectivity index (χ3n) is 1.63. The van der Waals surface area contributed by atoms with E-state index in [-0.39, 0.29) is 4.47 Å². The Morgan fingerprint density at radius 3 is 2.43 bits per heavy atom. The van der Waals surface area contributed by atoms with E-state index in [4.69, 9.17) is 5.73 Å². The zero-order chi connectivity index (χ0) is 10.9. The predicted octanol–water partition coefficient (Wildman–Crippen LogP) is 2.88. The molecule has 0 spiro atoms. The van der Waals surface area contributed by atoms with Crippen LogP contribution in [0.4, 0.5) is 13.2 Å². The van der Waals surface area contributed by atoms with E-state index in [1.165, 1.54) is 0 Å². The smallest absolute Gasteiger partial charge is 0.323 e. The van der Waals surface area contributed by atoms with E-state index < -0.39 is 17.8 Å². The summed E-state index contributed by atoms with van der Waals surface area (Å²) in [5.41, 5.74) is 5.13. The summed E-state index contributed by atoms with van der Waals surface area (Å²) in [6.07, 6.45) is -3.59. The number of nitrogens with two attached hydrogens (primary N) is 1. The Morgan fingerprint density at radius 1 is 1.50 bits per heavy atom. The number of nitrogens with zero attached hydrogens (tertiary/aromatic N) is 1. The van der Waals surface area contributed by atoms with Crippen molar-refractivity contribution in [3.8, 4) is 0 Å². The monoisotopic (exact) mass is 268 g/mol. The van der Waals surface area contributed by atoms with Gasteiger partial charge in [-0.05, 0) is 28.9 Å². The average Bonchev–Trinajstić information content (AvgIpc) is 2.01. The molecule has 0 aromatic carbocycles. The summed E-state index contributed by atoms with van der Waals surface area (Å²) < 4.78 is 36.9. The van der Waals surface area contributed by atoms with Crippen LogP contribution in [0.3, 0.4) is 0 Å². The summed E-state index contributed by atoms with van der Waals surface area (Å²) in [4.78, 5) is 3.65. The van der Waals surface area contributed by atoms with Gasteiger partial charge in [0.05, 0.1) is 11.3 Å². The van der Waals surface area contributed by atoms with Crippen molar-refractivity contribution < 1.29 is 13.2 Å². The van der Waals surface area contributed by atoms with Crippen LogP contribution in [0.1, 0.15) is 24.2 Å². The third kappa shape index (κ3) is 2.45. The van der Waals surface area contributed by atoms with Crippen LogP contribution in [0, 0.1) is 0 Å². The summed E-state index contributed by atoms with van der Waals surface area (Å²) in [6.45, 7) is 1.65. The topological polar surface area (TPSA) is 38.9 Å². The highest BCUT2D eigenvalue weighted by Crippen LogP contribution is 2.32. The van der Waals surface area contributed by atoms with Gasteiger partial charge in [0.1, 0.15) is 0 Å². The first-order chi connectivity index (χ1) is 6.32. The summed E-state index contributed by atoms with van der Waals surface area (Å²) in [5.74, 6) is 0. The molecule has 1 rings (SSSR count). The first-order valence-corrected chi connectivity index (χ1v) is 4.60. The highest BCUT2D eigenvalue weighted by atomic mass is 79.9. The molecule has 2 nitrogen and oxygen atoms in total. The van der Waals surface area contributed by atoms with E-state index in [9.17, 15) is 13.2 Å². The molecule has 1 aromatic heterocycles. The first kappa shape index (κ1) is 11.5. The second kappa shape index (κ2) is 3.86. The highest BCUT2D eigenvalue weighted by Gasteiger charge is 2.31. The summed E-state index contributed by atoms with van der Waals surface area (Å²) in [6, 6.07) is 0.581. The minimum atomic E-state index is -4.37. The molecule has 0 unspecified atom stereocenters. The lowest BCUT2D eigenvalue weighted by atomic mass is 10.2. The number of rotatable bonds is 1. The lowest BCUT2D eigenvalue weighted by Gasteiger charge is -2.10. The molecule has 2 N–H and O–H groups in total. The molecule has 0 aliphatic rings. The fraction of sp³-hybridized carbons (Fsp3) is 0.375. The molecule has 0 saturated carbocycles. The van der Waals surface area contributed by atoms with Gasteiger partial charge in [-0.2, -0.15) is 13.2 Å². The summed E-state index contributed by atoms with van der Waals surface area (Å²) in [5, 5.41) is 0. The van der Waals surface area contributed by atoms with Crippen LogP contribution in [0.25, 0.3) is 0 Å². The minimum Gasteiger partial charge on any atom is -0.323 e. The molecule has 6 heteroatoms. The largest absolute Gasteiger partial charge is 0.417 e. The molecule has 0 amide bonds. The second-order valence-corrected chi connectivity index (χ2v) is 3.73. The normalized spacial score (nSPS) is 14.1. The Kier molecular flexibility index (Phi) is 3.16. The van der Waals surface area contributed by atoms with Crippen molar-refractivity contribution in [2.24, 2.45) is 5.73 Å². The van der Waals surface area contributed by atoms with Gasteiger partial charge in [0.15, 0.2) is 0 Å². The van der Waals surface area contributed by atoms with Crippen molar-refractivity contribution in [1.29, 1.82) is 0 Å². The van der Waals surface area contributed by atoms with Crippen LogP contribution in [-0.4, -0.2) is 4.98 Å². The van der Waals surface area contributed by atoms with E-state index in [0.717, 1.165) is 12.3 Å². The fourth-order valence-electron chi connectivity index (χ4n) is 0.939. The second-order valence-electron chi connectivity index (χ2n) is 2.88. The van der Waals surface area contributed by atoms with E-state index >= 15 is 0 Å². The van der Waals surface area contributed by atoms with Gasteiger partial charge in [0.2, 0.25) is 0 Å². The maximum Gasteiger partial charge on any atom is 0.417 e. The van der Waals surface area contributed by atoms with Crippen LogP contribution in [0.15, 0.2) is 16.7 Å². The van der Waals surface area contributed by atoms with Gasteiger partial charge < -0.3 is 5.73 Å². The molecule has 78 valence electrons. The molecule has 1 aromatic rings. The van der Waals surface area contributed by atoms with Crippen LogP contribution >= 0.6 is 15.9 Å². The Labute approximate surface area is 87.4 Å². The number of hydrogen-bond acceptors (Lipinski definition) is 2. The summed E-state index contributed by atoms with van der Waals surface area (Å²) in [7, 11) is 0.